The number of ketones is 1. The van der Waals surface area contributed by atoms with Crippen molar-refractivity contribution in [2.45, 2.75) is 26.7 Å². The molecule has 0 unspecified atom stereocenters. The molecule has 0 saturated carbocycles. The Hall–Kier alpha value is -0.870. The van der Waals surface area contributed by atoms with Crippen LogP contribution in [0, 0.1) is 0 Å². The number of ether oxygens (including phenoxy) is 1. The SMILES string of the molecule is CCN(CC)CCC(=O)Cc1cc(OC)ccc1Br. The molecule has 0 aliphatic heterocycles. The van der Waals surface area contributed by atoms with Gasteiger partial charge in [0, 0.05) is 23.9 Å². The molecular formula is C15H22BrNO2. The Morgan fingerprint density at radius 3 is 2.58 bits per heavy atom. The van der Waals surface area contributed by atoms with Crippen LogP contribution in [0.5, 0.6) is 5.75 Å². The van der Waals surface area contributed by atoms with Crippen molar-refractivity contribution < 1.29 is 9.53 Å². The first kappa shape index (κ1) is 16.2. The van der Waals surface area contributed by atoms with Gasteiger partial charge in [-0.2, -0.15) is 0 Å². The lowest BCUT2D eigenvalue weighted by Crippen LogP contribution is -2.26. The third-order valence-electron chi connectivity index (χ3n) is 3.24. The second kappa shape index (κ2) is 8.33. The number of methoxy groups -OCH3 is 1. The third-order valence-corrected chi connectivity index (χ3v) is 4.02. The number of hydrogen-bond acceptors (Lipinski definition) is 3. The predicted octanol–water partition coefficient (Wildman–Crippen LogP) is 3.30. The molecule has 0 saturated heterocycles. The standard InChI is InChI=1S/C15H22BrNO2/c1-4-17(5-2)9-8-13(18)10-12-11-14(19-3)6-7-15(12)16/h6-7,11H,4-5,8-10H2,1-3H3. The average Bonchev–Trinajstić information content (AvgIpc) is 2.42. The molecule has 106 valence electrons. The molecule has 0 aromatic heterocycles. The molecule has 0 spiro atoms. The molecule has 0 aliphatic rings. The highest BCUT2D eigenvalue weighted by atomic mass is 79.9. The van der Waals surface area contributed by atoms with Gasteiger partial charge in [-0.05, 0) is 36.9 Å². The average molecular weight is 328 g/mol. The van der Waals surface area contributed by atoms with Crippen molar-refractivity contribution in [2.75, 3.05) is 26.7 Å². The summed E-state index contributed by atoms with van der Waals surface area (Å²) < 4.78 is 6.15. The molecule has 0 bridgehead atoms. The molecule has 0 amide bonds. The number of rotatable bonds is 8. The van der Waals surface area contributed by atoms with E-state index in [1.807, 2.05) is 18.2 Å². The zero-order chi connectivity index (χ0) is 14.3. The lowest BCUT2D eigenvalue weighted by molar-refractivity contribution is -0.118. The highest BCUT2D eigenvalue weighted by Crippen LogP contribution is 2.23. The van der Waals surface area contributed by atoms with E-state index in [2.05, 4.69) is 34.7 Å². The molecule has 1 rings (SSSR count). The maximum absolute atomic E-state index is 12.0. The topological polar surface area (TPSA) is 29.5 Å². The van der Waals surface area contributed by atoms with Crippen LogP contribution >= 0.6 is 15.9 Å². The van der Waals surface area contributed by atoms with E-state index in [-0.39, 0.29) is 5.78 Å². The quantitative estimate of drug-likeness (QED) is 0.733. The van der Waals surface area contributed by atoms with E-state index in [9.17, 15) is 4.79 Å². The van der Waals surface area contributed by atoms with Crippen LogP contribution in [0.25, 0.3) is 0 Å². The second-order valence-electron chi connectivity index (χ2n) is 4.45. The Morgan fingerprint density at radius 2 is 2.00 bits per heavy atom. The molecule has 3 nitrogen and oxygen atoms in total. The van der Waals surface area contributed by atoms with Gasteiger partial charge in [-0.1, -0.05) is 29.8 Å². The molecule has 0 fully saturated rings. The fraction of sp³-hybridized carbons (Fsp3) is 0.533. The lowest BCUT2D eigenvalue weighted by atomic mass is 10.1. The maximum Gasteiger partial charge on any atom is 0.138 e. The van der Waals surface area contributed by atoms with Crippen molar-refractivity contribution in [3.63, 3.8) is 0 Å². The molecule has 1 aromatic carbocycles. The largest absolute Gasteiger partial charge is 0.497 e. The molecule has 19 heavy (non-hydrogen) atoms. The van der Waals surface area contributed by atoms with Gasteiger partial charge >= 0.3 is 0 Å². The van der Waals surface area contributed by atoms with Crippen molar-refractivity contribution in [2.24, 2.45) is 0 Å². The molecule has 0 N–H and O–H groups in total. The smallest absolute Gasteiger partial charge is 0.138 e. The Morgan fingerprint density at radius 1 is 1.32 bits per heavy atom. The molecule has 0 aliphatic carbocycles. The summed E-state index contributed by atoms with van der Waals surface area (Å²) in [7, 11) is 1.63. The number of carbonyl (C=O) groups excluding carboxylic acids is 1. The first-order valence-electron chi connectivity index (χ1n) is 6.67. The van der Waals surface area contributed by atoms with Crippen LogP contribution in [0.4, 0.5) is 0 Å². The first-order chi connectivity index (χ1) is 9.10. The minimum Gasteiger partial charge on any atom is -0.497 e. The van der Waals surface area contributed by atoms with Crippen molar-refractivity contribution in [3.05, 3.63) is 28.2 Å². The number of nitrogens with zero attached hydrogens (tertiary/aromatic N) is 1. The number of halogens is 1. The number of hydrogen-bond donors (Lipinski definition) is 0. The van der Waals surface area contributed by atoms with Gasteiger partial charge in [-0.15, -0.1) is 0 Å². The van der Waals surface area contributed by atoms with Gasteiger partial charge in [-0.3, -0.25) is 4.79 Å². The van der Waals surface area contributed by atoms with E-state index in [0.717, 1.165) is 35.4 Å². The summed E-state index contributed by atoms with van der Waals surface area (Å²) >= 11 is 3.48. The Bertz CT molecular complexity index is 417. The second-order valence-corrected chi connectivity index (χ2v) is 5.30. The fourth-order valence-electron chi connectivity index (χ4n) is 1.94. The maximum atomic E-state index is 12.0. The number of carbonyl (C=O) groups is 1. The van der Waals surface area contributed by atoms with E-state index in [1.165, 1.54) is 0 Å². The summed E-state index contributed by atoms with van der Waals surface area (Å²) in [5, 5.41) is 0. The van der Waals surface area contributed by atoms with E-state index in [0.29, 0.717) is 12.8 Å². The summed E-state index contributed by atoms with van der Waals surface area (Å²) in [6.07, 6.45) is 1.06. The van der Waals surface area contributed by atoms with Gasteiger partial charge in [0.05, 0.1) is 7.11 Å². The van der Waals surface area contributed by atoms with E-state index < -0.39 is 0 Å². The van der Waals surface area contributed by atoms with Crippen molar-refractivity contribution in [1.82, 2.24) is 4.90 Å². The van der Waals surface area contributed by atoms with Gasteiger partial charge in [0.15, 0.2) is 0 Å². The summed E-state index contributed by atoms with van der Waals surface area (Å²) in [5.74, 6) is 1.05. The van der Waals surface area contributed by atoms with Crippen LogP contribution < -0.4 is 4.74 Å². The zero-order valence-electron chi connectivity index (χ0n) is 11.9. The number of Topliss-reactive ketones (excluding diaryl/α,β-unsaturated/α-hetero) is 1. The van der Waals surface area contributed by atoms with Gasteiger partial charge < -0.3 is 9.64 Å². The molecule has 0 heterocycles. The summed E-state index contributed by atoms with van der Waals surface area (Å²) in [6.45, 7) is 7.06. The van der Waals surface area contributed by atoms with Crippen LogP contribution in [-0.4, -0.2) is 37.4 Å². The van der Waals surface area contributed by atoms with Crippen LogP contribution in [0.2, 0.25) is 0 Å². The highest BCUT2D eigenvalue weighted by molar-refractivity contribution is 9.10. The van der Waals surface area contributed by atoms with Gasteiger partial charge in [0.25, 0.3) is 0 Å². The van der Waals surface area contributed by atoms with Crippen LogP contribution in [0.15, 0.2) is 22.7 Å². The Labute approximate surface area is 124 Å². The van der Waals surface area contributed by atoms with Crippen LogP contribution in [0.3, 0.4) is 0 Å². The molecule has 4 heteroatoms. The van der Waals surface area contributed by atoms with E-state index >= 15 is 0 Å². The molecule has 1 aromatic rings. The molecule has 0 radical (unpaired) electrons. The molecular weight excluding hydrogens is 306 g/mol. The van der Waals surface area contributed by atoms with Gasteiger partial charge in [0.1, 0.15) is 11.5 Å². The van der Waals surface area contributed by atoms with E-state index in [1.54, 1.807) is 7.11 Å². The third kappa shape index (κ3) is 5.33. The first-order valence-corrected chi connectivity index (χ1v) is 7.46. The van der Waals surface area contributed by atoms with Crippen molar-refractivity contribution in [1.29, 1.82) is 0 Å². The number of benzene rings is 1. The highest BCUT2D eigenvalue weighted by Gasteiger charge is 2.10. The van der Waals surface area contributed by atoms with Gasteiger partial charge in [0.2, 0.25) is 0 Å². The van der Waals surface area contributed by atoms with Crippen LogP contribution in [0.1, 0.15) is 25.8 Å². The predicted molar refractivity (Wildman–Crippen MR) is 81.8 cm³/mol. The molecule has 0 atom stereocenters. The minimum atomic E-state index is 0.265. The Kier molecular flexibility index (Phi) is 7.10. The Balaban J connectivity index is 2.56. The van der Waals surface area contributed by atoms with E-state index in [4.69, 9.17) is 4.74 Å². The summed E-state index contributed by atoms with van der Waals surface area (Å²) in [4.78, 5) is 14.3. The monoisotopic (exact) mass is 327 g/mol. The van der Waals surface area contributed by atoms with Gasteiger partial charge in [-0.25, -0.2) is 0 Å². The lowest BCUT2D eigenvalue weighted by Gasteiger charge is -2.17. The van der Waals surface area contributed by atoms with Crippen molar-refractivity contribution >= 4 is 21.7 Å². The van der Waals surface area contributed by atoms with Crippen molar-refractivity contribution in [3.8, 4) is 5.75 Å². The summed E-state index contributed by atoms with van der Waals surface area (Å²) in [5.41, 5.74) is 0.990. The zero-order valence-corrected chi connectivity index (χ0v) is 13.5. The fourth-order valence-corrected chi connectivity index (χ4v) is 2.32. The minimum absolute atomic E-state index is 0.265. The summed E-state index contributed by atoms with van der Waals surface area (Å²) in [6, 6.07) is 5.72. The van der Waals surface area contributed by atoms with Crippen LogP contribution in [-0.2, 0) is 11.2 Å². The normalized spacial score (nSPS) is 10.8.